The molecular formula is C11H17NS. The topological polar surface area (TPSA) is 12.0 Å². The molecule has 1 aromatic rings. The van der Waals surface area contributed by atoms with Crippen molar-refractivity contribution >= 4 is 18.3 Å². The lowest BCUT2D eigenvalue weighted by molar-refractivity contribution is 1.08. The fourth-order valence-electron chi connectivity index (χ4n) is 1.55. The van der Waals surface area contributed by atoms with E-state index < -0.39 is 0 Å². The molecule has 1 nitrogen and oxygen atoms in total. The number of anilines is 1. The van der Waals surface area contributed by atoms with Crippen molar-refractivity contribution in [3.05, 3.63) is 29.3 Å². The SMILES string of the molecule is CCc1cccc(CC)c1NCS. The zero-order chi connectivity index (χ0) is 9.68. The van der Waals surface area contributed by atoms with E-state index in [1.54, 1.807) is 0 Å². The Kier molecular flexibility index (Phi) is 4.16. The van der Waals surface area contributed by atoms with Gasteiger partial charge in [-0.1, -0.05) is 32.0 Å². The number of hydrogen-bond acceptors (Lipinski definition) is 2. The second-order valence-electron chi connectivity index (χ2n) is 2.99. The van der Waals surface area contributed by atoms with E-state index in [4.69, 9.17) is 0 Å². The summed E-state index contributed by atoms with van der Waals surface area (Å²) in [6.45, 7) is 4.36. The average Bonchev–Trinajstić information content (AvgIpc) is 2.18. The predicted octanol–water partition coefficient (Wildman–Crippen LogP) is 3.11. The third kappa shape index (κ3) is 2.41. The maximum absolute atomic E-state index is 4.19. The minimum atomic E-state index is 0.698. The molecule has 0 aliphatic rings. The van der Waals surface area contributed by atoms with Gasteiger partial charge in [0.1, 0.15) is 0 Å². The molecule has 0 atom stereocenters. The minimum Gasteiger partial charge on any atom is -0.376 e. The van der Waals surface area contributed by atoms with Gasteiger partial charge >= 0.3 is 0 Å². The van der Waals surface area contributed by atoms with Gasteiger partial charge in [-0.05, 0) is 24.0 Å². The van der Waals surface area contributed by atoms with Crippen LogP contribution in [0, 0.1) is 0 Å². The first-order chi connectivity index (χ1) is 6.33. The second-order valence-corrected chi connectivity index (χ2v) is 3.31. The molecule has 0 aliphatic heterocycles. The molecule has 0 heterocycles. The number of nitrogens with one attached hydrogen (secondary N) is 1. The average molecular weight is 195 g/mol. The van der Waals surface area contributed by atoms with E-state index in [-0.39, 0.29) is 0 Å². The smallest absolute Gasteiger partial charge is 0.0581 e. The first-order valence-corrected chi connectivity index (χ1v) is 5.42. The maximum Gasteiger partial charge on any atom is 0.0581 e. The van der Waals surface area contributed by atoms with Crippen LogP contribution in [0.25, 0.3) is 0 Å². The number of benzene rings is 1. The van der Waals surface area contributed by atoms with E-state index in [0.29, 0.717) is 5.88 Å². The lowest BCUT2D eigenvalue weighted by Crippen LogP contribution is -2.02. The summed E-state index contributed by atoms with van der Waals surface area (Å²) in [5.74, 6) is 0.698. The van der Waals surface area contributed by atoms with Crippen molar-refractivity contribution < 1.29 is 0 Å². The second kappa shape index (κ2) is 5.18. The lowest BCUT2D eigenvalue weighted by Gasteiger charge is -2.13. The highest BCUT2D eigenvalue weighted by Crippen LogP contribution is 2.22. The van der Waals surface area contributed by atoms with Crippen LogP contribution in [0.3, 0.4) is 0 Å². The van der Waals surface area contributed by atoms with E-state index in [1.807, 2.05) is 0 Å². The summed E-state index contributed by atoms with van der Waals surface area (Å²) in [6.07, 6.45) is 2.15. The van der Waals surface area contributed by atoms with Crippen LogP contribution in [0.4, 0.5) is 5.69 Å². The Labute approximate surface area is 86.0 Å². The van der Waals surface area contributed by atoms with Crippen molar-refractivity contribution in [2.45, 2.75) is 26.7 Å². The van der Waals surface area contributed by atoms with Crippen LogP contribution in [-0.2, 0) is 12.8 Å². The largest absolute Gasteiger partial charge is 0.376 e. The van der Waals surface area contributed by atoms with E-state index in [1.165, 1.54) is 16.8 Å². The van der Waals surface area contributed by atoms with E-state index in [2.05, 4.69) is 50.0 Å². The van der Waals surface area contributed by atoms with Gasteiger partial charge < -0.3 is 5.32 Å². The first kappa shape index (κ1) is 10.5. The van der Waals surface area contributed by atoms with Gasteiger partial charge in [-0.25, -0.2) is 0 Å². The highest BCUT2D eigenvalue weighted by molar-refractivity contribution is 7.80. The highest BCUT2D eigenvalue weighted by atomic mass is 32.1. The van der Waals surface area contributed by atoms with Gasteiger partial charge in [0, 0.05) is 5.69 Å². The highest BCUT2D eigenvalue weighted by Gasteiger charge is 2.03. The van der Waals surface area contributed by atoms with Crippen LogP contribution in [-0.4, -0.2) is 5.88 Å². The Balaban J connectivity index is 3.05. The Morgan fingerprint density at radius 1 is 1.15 bits per heavy atom. The fourth-order valence-corrected chi connectivity index (χ4v) is 1.71. The molecule has 0 unspecified atom stereocenters. The fraction of sp³-hybridized carbons (Fsp3) is 0.455. The summed E-state index contributed by atoms with van der Waals surface area (Å²) >= 11 is 4.19. The van der Waals surface area contributed by atoms with Crippen LogP contribution in [0.1, 0.15) is 25.0 Å². The summed E-state index contributed by atoms with van der Waals surface area (Å²) < 4.78 is 0. The number of aryl methyl sites for hydroxylation is 2. The molecule has 1 N–H and O–H groups in total. The molecule has 0 spiro atoms. The van der Waals surface area contributed by atoms with Crippen LogP contribution in [0.15, 0.2) is 18.2 Å². The summed E-state index contributed by atoms with van der Waals surface area (Å²) in [6, 6.07) is 6.47. The summed E-state index contributed by atoms with van der Waals surface area (Å²) in [4.78, 5) is 0. The molecule has 0 saturated carbocycles. The first-order valence-electron chi connectivity index (χ1n) is 4.79. The molecule has 1 aromatic carbocycles. The number of thiol groups is 1. The molecule has 0 aliphatic carbocycles. The van der Waals surface area contributed by atoms with Gasteiger partial charge in [0.15, 0.2) is 0 Å². The van der Waals surface area contributed by atoms with Gasteiger partial charge in [-0.15, -0.1) is 0 Å². The summed E-state index contributed by atoms with van der Waals surface area (Å²) in [5, 5.41) is 3.31. The quantitative estimate of drug-likeness (QED) is 0.555. The minimum absolute atomic E-state index is 0.698. The van der Waals surface area contributed by atoms with E-state index in [9.17, 15) is 0 Å². The van der Waals surface area contributed by atoms with E-state index >= 15 is 0 Å². The number of hydrogen-bond donors (Lipinski definition) is 2. The molecule has 0 saturated heterocycles. The predicted molar refractivity (Wildman–Crippen MR) is 62.7 cm³/mol. The standard InChI is InChI=1S/C11H17NS/c1-3-9-6-5-7-10(4-2)11(9)12-8-13/h5-7,12-13H,3-4,8H2,1-2H3. The van der Waals surface area contributed by atoms with Gasteiger partial charge in [0.05, 0.1) is 5.88 Å². The monoisotopic (exact) mass is 195 g/mol. The van der Waals surface area contributed by atoms with Crippen molar-refractivity contribution in [1.82, 2.24) is 0 Å². The molecule has 13 heavy (non-hydrogen) atoms. The molecule has 72 valence electrons. The van der Waals surface area contributed by atoms with Gasteiger partial charge in [-0.3, -0.25) is 0 Å². The number of para-hydroxylation sites is 1. The zero-order valence-corrected chi connectivity index (χ0v) is 9.20. The molecular weight excluding hydrogens is 178 g/mol. The Bertz CT molecular complexity index is 249. The van der Waals surface area contributed by atoms with Gasteiger partial charge in [0.2, 0.25) is 0 Å². The number of rotatable bonds is 4. The zero-order valence-electron chi connectivity index (χ0n) is 8.30. The third-order valence-electron chi connectivity index (χ3n) is 2.25. The molecule has 0 fully saturated rings. The van der Waals surface area contributed by atoms with Crippen LogP contribution in [0.2, 0.25) is 0 Å². The van der Waals surface area contributed by atoms with Crippen LogP contribution < -0.4 is 5.32 Å². The Morgan fingerprint density at radius 3 is 2.08 bits per heavy atom. The normalized spacial score (nSPS) is 10.1. The van der Waals surface area contributed by atoms with Crippen molar-refractivity contribution in [2.24, 2.45) is 0 Å². The third-order valence-corrected chi connectivity index (χ3v) is 2.41. The van der Waals surface area contributed by atoms with Crippen LogP contribution >= 0.6 is 12.6 Å². The van der Waals surface area contributed by atoms with E-state index in [0.717, 1.165) is 12.8 Å². The Hall–Kier alpha value is -0.630. The molecule has 2 heteroatoms. The Morgan fingerprint density at radius 2 is 1.69 bits per heavy atom. The van der Waals surface area contributed by atoms with Crippen molar-refractivity contribution in [3.8, 4) is 0 Å². The maximum atomic E-state index is 4.19. The molecule has 0 radical (unpaired) electrons. The molecule has 0 amide bonds. The molecule has 0 bridgehead atoms. The van der Waals surface area contributed by atoms with Crippen molar-refractivity contribution in [2.75, 3.05) is 11.2 Å². The molecule has 1 rings (SSSR count). The summed E-state index contributed by atoms with van der Waals surface area (Å²) in [7, 11) is 0. The van der Waals surface area contributed by atoms with Gasteiger partial charge in [0.25, 0.3) is 0 Å². The van der Waals surface area contributed by atoms with Gasteiger partial charge in [-0.2, -0.15) is 12.6 Å². The van der Waals surface area contributed by atoms with Crippen molar-refractivity contribution in [1.29, 1.82) is 0 Å². The molecule has 0 aromatic heterocycles. The lowest BCUT2D eigenvalue weighted by atomic mass is 10.0. The summed E-state index contributed by atoms with van der Waals surface area (Å²) in [5.41, 5.74) is 4.05. The van der Waals surface area contributed by atoms with Crippen molar-refractivity contribution in [3.63, 3.8) is 0 Å². The van der Waals surface area contributed by atoms with Crippen LogP contribution in [0.5, 0.6) is 0 Å².